The Labute approximate surface area is 175 Å². The second-order valence-corrected chi connectivity index (χ2v) is 7.59. The first-order valence-electron chi connectivity index (χ1n) is 8.88. The van der Waals surface area contributed by atoms with Crippen LogP contribution in [0.1, 0.15) is 28.1 Å². The molecule has 2 aromatic carbocycles. The number of thioether (sulfide) groups is 1. The summed E-state index contributed by atoms with van der Waals surface area (Å²) >= 11 is 1.54. The maximum absolute atomic E-state index is 12.7. The lowest BCUT2D eigenvalue weighted by Crippen LogP contribution is -2.06. The third-order valence-electron chi connectivity index (χ3n) is 4.33. The minimum atomic E-state index is -4.38. The fraction of sp³-hybridized carbons (Fsp3) is 0.190. The Morgan fingerprint density at radius 3 is 2.43 bits per heavy atom. The number of halogens is 3. The van der Waals surface area contributed by atoms with Gasteiger partial charge in [-0.25, -0.2) is 4.79 Å². The van der Waals surface area contributed by atoms with E-state index in [0.29, 0.717) is 17.1 Å². The fourth-order valence-corrected chi connectivity index (χ4v) is 3.67. The van der Waals surface area contributed by atoms with Gasteiger partial charge in [-0.3, -0.25) is 0 Å². The molecular weight excluding hydrogens is 415 g/mol. The Bertz CT molecular complexity index is 1090. The molecule has 30 heavy (non-hydrogen) atoms. The van der Waals surface area contributed by atoms with Crippen molar-refractivity contribution in [2.45, 2.75) is 30.7 Å². The van der Waals surface area contributed by atoms with Crippen LogP contribution in [-0.4, -0.2) is 26.1 Å². The summed E-state index contributed by atoms with van der Waals surface area (Å²) < 4.78 is 38.1. The maximum Gasteiger partial charge on any atom is 0.416 e. The molecule has 0 spiro atoms. The lowest BCUT2D eigenvalue weighted by molar-refractivity contribution is -0.137. The predicted octanol–water partition coefficient (Wildman–Crippen LogP) is 5.29. The molecule has 0 atom stereocenters. The molecule has 9 heteroatoms. The Kier molecular flexibility index (Phi) is 6.31. The van der Waals surface area contributed by atoms with Gasteiger partial charge in [0.15, 0.2) is 0 Å². The van der Waals surface area contributed by atoms with Crippen molar-refractivity contribution in [3.05, 3.63) is 76.6 Å². The first-order valence-corrected chi connectivity index (χ1v) is 9.87. The summed E-state index contributed by atoms with van der Waals surface area (Å²) in [6, 6.07) is 10.4. The molecule has 0 saturated heterocycles. The highest BCUT2D eigenvalue weighted by Gasteiger charge is 2.30. The summed E-state index contributed by atoms with van der Waals surface area (Å²) in [4.78, 5) is 13.0. The van der Waals surface area contributed by atoms with Crippen LogP contribution in [0.4, 0.5) is 13.2 Å². The van der Waals surface area contributed by atoms with Gasteiger partial charge in [0, 0.05) is 16.7 Å². The molecule has 156 valence electrons. The van der Waals surface area contributed by atoms with Crippen LogP contribution in [0, 0.1) is 13.8 Å². The molecule has 0 aliphatic carbocycles. The molecule has 0 aliphatic rings. The molecule has 5 nitrogen and oxygen atoms in total. The second kappa shape index (κ2) is 8.74. The summed E-state index contributed by atoms with van der Waals surface area (Å²) in [5.41, 5.74) is 2.93. The number of nitrogens with zero attached hydrogens (tertiary/aromatic N) is 3. The van der Waals surface area contributed by atoms with Crippen molar-refractivity contribution in [2.75, 3.05) is 0 Å². The van der Waals surface area contributed by atoms with E-state index >= 15 is 0 Å². The standard InChI is InChI=1S/C21H18F3N3O2S/c1-13-11-18(9-3-15(13)4-10-20(28)29)30-12-19-14(2)25-27(26-19)17-7-5-16(6-8-17)21(22,23)24/h3-11H,12H2,1-2H3,(H,28,29)/b10-4+. The molecule has 3 rings (SSSR count). The van der Waals surface area contributed by atoms with Crippen LogP contribution in [0.25, 0.3) is 11.8 Å². The van der Waals surface area contributed by atoms with Crippen molar-refractivity contribution in [1.29, 1.82) is 0 Å². The summed E-state index contributed by atoms with van der Waals surface area (Å²) in [5, 5.41) is 17.4. The molecule has 3 aromatic rings. The summed E-state index contributed by atoms with van der Waals surface area (Å²) in [7, 11) is 0. The van der Waals surface area contributed by atoms with Gasteiger partial charge in [0.05, 0.1) is 22.6 Å². The van der Waals surface area contributed by atoms with Crippen LogP contribution >= 0.6 is 11.8 Å². The number of aliphatic carboxylic acids is 1. The molecule has 0 bridgehead atoms. The number of rotatable bonds is 6. The SMILES string of the molecule is Cc1cc(SCc2nn(-c3ccc(C(F)(F)F)cc3)nc2C)ccc1/C=C/C(=O)O. The van der Waals surface area contributed by atoms with E-state index in [1.807, 2.05) is 25.1 Å². The third kappa shape index (κ3) is 5.29. The summed E-state index contributed by atoms with van der Waals surface area (Å²) in [6.45, 7) is 3.70. The van der Waals surface area contributed by atoms with Gasteiger partial charge in [0.2, 0.25) is 0 Å². The molecule has 1 N–H and O–H groups in total. The molecule has 1 heterocycles. The second-order valence-electron chi connectivity index (χ2n) is 6.54. The number of carboxylic acids is 1. The molecule has 1 aromatic heterocycles. The zero-order valence-electron chi connectivity index (χ0n) is 16.1. The van der Waals surface area contributed by atoms with Crippen molar-refractivity contribution >= 4 is 23.8 Å². The molecular formula is C21H18F3N3O2S. The van der Waals surface area contributed by atoms with Gasteiger partial charge < -0.3 is 5.11 Å². The van der Waals surface area contributed by atoms with Gasteiger partial charge in [-0.05, 0) is 67.4 Å². The van der Waals surface area contributed by atoms with E-state index in [9.17, 15) is 18.0 Å². The molecule has 0 amide bonds. The monoisotopic (exact) mass is 433 g/mol. The quantitative estimate of drug-likeness (QED) is 0.422. The highest BCUT2D eigenvalue weighted by Crippen LogP contribution is 2.30. The van der Waals surface area contributed by atoms with E-state index in [1.54, 1.807) is 24.8 Å². The number of aryl methyl sites for hydroxylation is 2. The molecule has 0 aliphatic heterocycles. The zero-order chi connectivity index (χ0) is 21.9. The number of aromatic nitrogens is 3. The van der Waals surface area contributed by atoms with E-state index in [-0.39, 0.29) is 0 Å². The Morgan fingerprint density at radius 2 is 1.83 bits per heavy atom. The summed E-state index contributed by atoms with van der Waals surface area (Å²) in [5.74, 6) is -0.463. The van der Waals surface area contributed by atoms with E-state index in [0.717, 1.165) is 39.9 Å². The minimum absolute atomic E-state index is 0.452. The number of carboxylic acid groups (broad SMARTS) is 1. The van der Waals surface area contributed by atoms with Crippen LogP contribution < -0.4 is 0 Å². The topological polar surface area (TPSA) is 68.0 Å². The Morgan fingerprint density at radius 1 is 1.13 bits per heavy atom. The highest BCUT2D eigenvalue weighted by molar-refractivity contribution is 7.98. The van der Waals surface area contributed by atoms with E-state index in [2.05, 4.69) is 10.2 Å². The summed E-state index contributed by atoms with van der Waals surface area (Å²) in [6.07, 6.45) is -1.74. The largest absolute Gasteiger partial charge is 0.478 e. The minimum Gasteiger partial charge on any atom is -0.478 e. The molecule has 0 unspecified atom stereocenters. The Balaban J connectivity index is 1.71. The molecule has 0 fully saturated rings. The van der Waals surface area contributed by atoms with Crippen LogP contribution in [-0.2, 0) is 16.7 Å². The van der Waals surface area contributed by atoms with Crippen molar-refractivity contribution in [3.8, 4) is 5.69 Å². The van der Waals surface area contributed by atoms with Gasteiger partial charge in [-0.2, -0.15) is 28.2 Å². The number of benzene rings is 2. The molecule has 0 saturated carbocycles. The first-order chi connectivity index (χ1) is 14.1. The maximum atomic E-state index is 12.7. The van der Waals surface area contributed by atoms with Crippen LogP contribution in [0.3, 0.4) is 0 Å². The van der Waals surface area contributed by atoms with Gasteiger partial charge in [-0.1, -0.05) is 6.07 Å². The van der Waals surface area contributed by atoms with Crippen LogP contribution in [0.5, 0.6) is 0 Å². The number of hydrogen-bond donors (Lipinski definition) is 1. The van der Waals surface area contributed by atoms with E-state index in [4.69, 9.17) is 5.11 Å². The fourth-order valence-electron chi connectivity index (χ4n) is 2.68. The molecule has 0 radical (unpaired) electrons. The third-order valence-corrected chi connectivity index (χ3v) is 5.33. The van der Waals surface area contributed by atoms with Crippen molar-refractivity contribution < 1.29 is 23.1 Å². The number of alkyl halides is 3. The van der Waals surface area contributed by atoms with Gasteiger partial charge in [0.25, 0.3) is 0 Å². The smallest absolute Gasteiger partial charge is 0.416 e. The first kappa shape index (κ1) is 21.6. The van der Waals surface area contributed by atoms with Crippen LogP contribution in [0.2, 0.25) is 0 Å². The lowest BCUT2D eigenvalue weighted by atomic mass is 10.1. The van der Waals surface area contributed by atoms with Crippen molar-refractivity contribution in [3.63, 3.8) is 0 Å². The Hall–Kier alpha value is -3.07. The zero-order valence-corrected chi connectivity index (χ0v) is 17.0. The highest BCUT2D eigenvalue weighted by atomic mass is 32.2. The average molecular weight is 433 g/mol. The lowest BCUT2D eigenvalue weighted by Gasteiger charge is -2.07. The number of carbonyl (C=O) groups is 1. The van der Waals surface area contributed by atoms with Crippen LogP contribution in [0.15, 0.2) is 53.4 Å². The van der Waals surface area contributed by atoms with Gasteiger partial charge in [0.1, 0.15) is 0 Å². The van der Waals surface area contributed by atoms with Crippen molar-refractivity contribution in [1.82, 2.24) is 15.0 Å². The van der Waals surface area contributed by atoms with Gasteiger partial charge >= 0.3 is 12.1 Å². The van der Waals surface area contributed by atoms with E-state index in [1.165, 1.54) is 16.9 Å². The van der Waals surface area contributed by atoms with Crippen molar-refractivity contribution in [2.24, 2.45) is 0 Å². The average Bonchev–Trinajstić information content (AvgIpc) is 3.05. The predicted molar refractivity (Wildman–Crippen MR) is 109 cm³/mol. The van der Waals surface area contributed by atoms with E-state index < -0.39 is 17.7 Å². The van der Waals surface area contributed by atoms with Gasteiger partial charge in [-0.15, -0.1) is 11.8 Å². The number of hydrogen-bond acceptors (Lipinski definition) is 4. The normalized spacial score (nSPS) is 11.9.